The standard InChI is InChI=1S/C30H34N2O2S/c1-4-35-27-12-5-20(6-13-27)19-31-30(33)23-11-14-28(29(18-23)34-3)32(2)26-16-24(21-7-8-21)15-25(17-26)22-9-10-22/h5-6,11-18,21-22H,4,7-10,19H2,1-3H3,(H,31,33). The molecule has 0 aliphatic heterocycles. The molecule has 0 saturated heterocycles. The molecule has 2 aliphatic carbocycles. The Morgan fingerprint density at radius 3 is 2.20 bits per heavy atom. The van der Waals surface area contributed by atoms with Crippen LogP contribution in [-0.2, 0) is 6.54 Å². The van der Waals surface area contributed by atoms with Gasteiger partial charge in [0.05, 0.1) is 12.8 Å². The zero-order valence-electron chi connectivity index (χ0n) is 20.8. The van der Waals surface area contributed by atoms with Gasteiger partial charge in [-0.1, -0.05) is 25.1 Å². The predicted molar refractivity (Wildman–Crippen MR) is 145 cm³/mol. The summed E-state index contributed by atoms with van der Waals surface area (Å²) in [5.74, 6) is 3.09. The molecular formula is C30H34N2O2S. The van der Waals surface area contributed by atoms with Gasteiger partial charge < -0.3 is 15.0 Å². The molecule has 2 saturated carbocycles. The third kappa shape index (κ3) is 5.67. The smallest absolute Gasteiger partial charge is 0.251 e. The molecule has 4 nitrogen and oxygen atoms in total. The first kappa shape index (κ1) is 23.8. The molecule has 0 heterocycles. The summed E-state index contributed by atoms with van der Waals surface area (Å²) < 4.78 is 5.73. The van der Waals surface area contributed by atoms with Gasteiger partial charge in [0.15, 0.2) is 0 Å². The van der Waals surface area contributed by atoms with Crippen LogP contribution in [0.15, 0.2) is 65.6 Å². The SMILES string of the molecule is CCSc1ccc(CNC(=O)c2ccc(N(C)c3cc(C4CC4)cc(C4CC4)c3)c(OC)c2)cc1. The van der Waals surface area contributed by atoms with Gasteiger partial charge in [-0.05, 0) is 102 Å². The minimum Gasteiger partial charge on any atom is -0.495 e. The highest BCUT2D eigenvalue weighted by atomic mass is 32.2. The first-order chi connectivity index (χ1) is 17.1. The Balaban J connectivity index is 1.31. The van der Waals surface area contributed by atoms with Gasteiger partial charge in [-0.2, -0.15) is 0 Å². The maximum atomic E-state index is 12.9. The number of thioether (sulfide) groups is 1. The average molecular weight is 487 g/mol. The van der Waals surface area contributed by atoms with Gasteiger partial charge in [-0.15, -0.1) is 11.8 Å². The minimum absolute atomic E-state index is 0.101. The number of hydrogen-bond donors (Lipinski definition) is 1. The van der Waals surface area contributed by atoms with Crippen molar-refractivity contribution in [2.24, 2.45) is 0 Å². The second-order valence-electron chi connectivity index (χ2n) is 9.61. The van der Waals surface area contributed by atoms with Gasteiger partial charge in [-0.25, -0.2) is 0 Å². The number of anilines is 2. The van der Waals surface area contributed by atoms with E-state index in [9.17, 15) is 4.79 Å². The summed E-state index contributed by atoms with van der Waals surface area (Å²) in [5.41, 5.74) is 6.77. The van der Waals surface area contributed by atoms with Crippen LogP contribution in [0.25, 0.3) is 0 Å². The molecule has 3 aromatic carbocycles. The summed E-state index contributed by atoms with van der Waals surface area (Å²) in [4.78, 5) is 16.3. The van der Waals surface area contributed by atoms with Crippen LogP contribution in [0.3, 0.4) is 0 Å². The predicted octanol–water partition coefficient (Wildman–Crippen LogP) is 7.26. The van der Waals surface area contributed by atoms with Crippen molar-refractivity contribution in [1.29, 1.82) is 0 Å². The summed E-state index contributed by atoms with van der Waals surface area (Å²) in [6.45, 7) is 2.64. The first-order valence-corrected chi connectivity index (χ1v) is 13.6. The van der Waals surface area contributed by atoms with E-state index in [1.54, 1.807) is 7.11 Å². The van der Waals surface area contributed by atoms with E-state index in [-0.39, 0.29) is 5.91 Å². The van der Waals surface area contributed by atoms with Gasteiger partial charge in [0, 0.05) is 29.7 Å². The van der Waals surface area contributed by atoms with Crippen LogP contribution in [0.2, 0.25) is 0 Å². The van der Waals surface area contributed by atoms with Crippen molar-refractivity contribution < 1.29 is 9.53 Å². The maximum Gasteiger partial charge on any atom is 0.251 e. The largest absolute Gasteiger partial charge is 0.495 e. The third-order valence-electron chi connectivity index (χ3n) is 6.94. The maximum absolute atomic E-state index is 12.9. The Morgan fingerprint density at radius 2 is 1.63 bits per heavy atom. The highest BCUT2D eigenvalue weighted by Gasteiger charge is 2.29. The molecule has 5 heteroatoms. The first-order valence-electron chi connectivity index (χ1n) is 12.6. The van der Waals surface area contributed by atoms with E-state index in [2.05, 4.69) is 66.7 Å². The number of ether oxygens (including phenoxy) is 1. The van der Waals surface area contributed by atoms with Gasteiger partial charge in [0.2, 0.25) is 0 Å². The minimum atomic E-state index is -0.101. The lowest BCUT2D eigenvalue weighted by Crippen LogP contribution is -2.23. The fraction of sp³-hybridized carbons (Fsp3) is 0.367. The van der Waals surface area contributed by atoms with Crippen LogP contribution < -0.4 is 15.0 Å². The topological polar surface area (TPSA) is 41.6 Å². The van der Waals surface area contributed by atoms with Crippen molar-refractivity contribution in [1.82, 2.24) is 5.32 Å². The fourth-order valence-corrected chi connectivity index (χ4v) is 5.21. The Hall–Kier alpha value is -2.92. The molecule has 35 heavy (non-hydrogen) atoms. The molecule has 0 radical (unpaired) electrons. The van der Waals surface area contributed by atoms with E-state index >= 15 is 0 Å². The lowest BCUT2D eigenvalue weighted by Gasteiger charge is -2.24. The molecule has 0 unspecified atom stereocenters. The van der Waals surface area contributed by atoms with Crippen molar-refractivity contribution in [3.63, 3.8) is 0 Å². The third-order valence-corrected chi connectivity index (χ3v) is 7.83. The Morgan fingerprint density at radius 1 is 0.971 bits per heavy atom. The van der Waals surface area contributed by atoms with E-state index in [0.717, 1.165) is 28.8 Å². The molecule has 3 aromatic rings. The zero-order valence-corrected chi connectivity index (χ0v) is 21.7. The van der Waals surface area contributed by atoms with Crippen molar-refractivity contribution in [3.05, 3.63) is 82.9 Å². The molecule has 0 bridgehead atoms. The average Bonchev–Trinajstić information content (AvgIpc) is 3.79. The number of carbonyl (C=O) groups is 1. The van der Waals surface area contributed by atoms with E-state index in [0.29, 0.717) is 17.9 Å². The molecule has 1 N–H and O–H groups in total. The van der Waals surface area contributed by atoms with E-state index < -0.39 is 0 Å². The Bertz CT molecular complexity index is 1170. The van der Waals surface area contributed by atoms with Crippen molar-refractivity contribution >= 4 is 29.0 Å². The monoisotopic (exact) mass is 486 g/mol. The number of carbonyl (C=O) groups excluding carboxylic acids is 1. The van der Waals surface area contributed by atoms with Crippen LogP contribution >= 0.6 is 11.8 Å². The molecule has 1 amide bonds. The summed E-state index contributed by atoms with van der Waals surface area (Å²) in [6, 6.07) is 21.2. The highest BCUT2D eigenvalue weighted by Crippen LogP contribution is 2.47. The van der Waals surface area contributed by atoms with Gasteiger partial charge in [0.1, 0.15) is 5.75 Å². The number of methoxy groups -OCH3 is 1. The quantitative estimate of drug-likeness (QED) is 0.306. The molecule has 5 rings (SSSR count). The number of amides is 1. The van der Waals surface area contributed by atoms with E-state index in [4.69, 9.17) is 4.74 Å². The van der Waals surface area contributed by atoms with Gasteiger partial charge >= 0.3 is 0 Å². The Kier molecular flexibility index (Phi) is 7.05. The van der Waals surface area contributed by atoms with E-state index in [1.807, 2.05) is 30.0 Å². The molecule has 0 atom stereocenters. The number of hydrogen-bond acceptors (Lipinski definition) is 4. The van der Waals surface area contributed by atoms with Crippen molar-refractivity contribution in [2.45, 2.75) is 55.9 Å². The fourth-order valence-electron chi connectivity index (χ4n) is 4.55. The lowest BCUT2D eigenvalue weighted by atomic mass is 10.0. The van der Waals surface area contributed by atoms with Crippen LogP contribution in [0.5, 0.6) is 5.75 Å². The summed E-state index contributed by atoms with van der Waals surface area (Å²) >= 11 is 1.82. The number of rotatable bonds is 10. The van der Waals surface area contributed by atoms with Crippen LogP contribution in [-0.4, -0.2) is 25.8 Å². The number of nitrogens with one attached hydrogen (secondary N) is 1. The van der Waals surface area contributed by atoms with Gasteiger partial charge in [0.25, 0.3) is 5.91 Å². The molecule has 0 aromatic heterocycles. The number of benzene rings is 3. The summed E-state index contributed by atoms with van der Waals surface area (Å²) in [6.07, 6.45) is 5.19. The molecule has 0 spiro atoms. The molecular weight excluding hydrogens is 452 g/mol. The number of nitrogens with zero attached hydrogens (tertiary/aromatic N) is 1. The molecule has 2 fully saturated rings. The lowest BCUT2D eigenvalue weighted by molar-refractivity contribution is 0.0950. The highest BCUT2D eigenvalue weighted by molar-refractivity contribution is 7.99. The van der Waals surface area contributed by atoms with Gasteiger partial charge in [-0.3, -0.25) is 4.79 Å². The summed E-state index contributed by atoms with van der Waals surface area (Å²) in [7, 11) is 3.75. The second-order valence-corrected chi connectivity index (χ2v) is 10.9. The normalized spacial score (nSPS) is 15.1. The second kappa shape index (κ2) is 10.4. The van der Waals surface area contributed by atoms with E-state index in [1.165, 1.54) is 47.4 Å². The van der Waals surface area contributed by atoms with Crippen LogP contribution in [0.1, 0.15) is 71.5 Å². The summed E-state index contributed by atoms with van der Waals surface area (Å²) in [5, 5.41) is 3.04. The Labute approximate surface area is 213 Å². The zero-order chi connectivity index (χ0) is 24.4. The van der Waals surface area contributed by atoms with Crippen LogP contribution in [0.4, 0.5) is 11.4 Å². The van der Waals surface area contributed by atoms with Crippen LogP contribution in [0, 0.1) is 0 Å². The van der Waals surface area contributed by atoms with Crippen molar-refractivity contribution in [3.8, 4) is 5.75 Å². The molecule has 2 aliphatic rings. The van der Waals surface area contributed by atoms with Crippen molar-refractivity contribution in [2.75, 3.05) is 24.8 Å². The molecule has 182 valence electrons.